The van der Waals surface area contributed by atoms with Crippen LogP contribution in [0.25, 0.3) is 111 Å². The molecule has 0 spiro atoms. The zero-order valence-electron chi connectivity index (χ0n) is 29.6. The second-order valence-electron chi connectivity index (χ2n) is 14.0. The standard InChI is InChI=1S/C51H31N3O/c1-3-14-33(15-4-1)44-29-39(31-47-48(44)45-28-36-19-9-10-20-37(36)30-46(45)55-47)40-25-26-43(42-22-12-11-21-41(40)42)51-53-49(34-16-5-2-6-17-34)52-50(54-51)38-24-23-32-13-7-8-18-35(32)27-38/h1-31H. The molecule has 4 nitrogen and oxygen atoms in total. The van der Waals surface area contributed by atoms with E-state index in [9.17, 15) is 0 Å². The van der Waals surface area contributed by atoms with E-state index in [4.69, 9.17) is 19.4 Å². The Kier molecular flexibility index (Phi) is 7.14. The van der Waals surface area contributed by atoms with Gasteiger partial charge in [-0.1, -0.05) is 152 Å². The minimum absolute atomic E-state index is 0.629. The number of hydrogen-bond donors (Lipinski definition) is 0. The van der Waals surface area contributed by atoms with Crippen LogP contribution in [0, 0.1) is 0 Å². The summed E-state index contributed by atoms with van der Waals surface area (Å²) < 4.78 is 6.70. The predicted molar refractivity (Wildman–Crippen MR) is 227 cm³/mol. The molecular weight excluding hydrogens is 671 g/mol. The van der Waals surface area contributed by atoms with Crippen LogP contribution in [0.5, 0.6) is 0 Å². The Morgan fingerprint density at radius 1 is 0.291 bits per heavy atom. The van der Waals surface area contributed by atoms with E-state index in [0.717, 1.165) is 82.4 Å². The van der Waals surface area contributed by atoms with Crippen molar-refractivity contribution in [3.05, 3.63) is 188 Å². The van der Waals surface area contributed by atoms with Crippen LogP contribution >= 0.6 is 0 Å². The molecule has 2 aromatic heterocycles. The highest BCUT2D eigenvalue weighted by Gasteiger charge is 2.20. The molecule has 55 heavy (non-hydrogen) atoms. The molecule has 4 heteroatoms. The summed E-state index contributed by atoms with van der Waals surface area (Å²) in [6.07, 6.45) is 0. The molecule has 0 aliphatic rings. The van der Waals surface area contributed by atoms with Crippen molar-refractivity contribution in [2.24, 2.45) is 0 Å². The average molecular weight is 702 g/mol. The quantitative estimate of drug-likeness (QED) is 0.179. The van der Waals surface area contributed by atoms with Gasteiger partial charge in [-0.05, 0) is 91.0 Å². The molecule has 0 saturated carbocycles. The van der Waals surface area contributed by atoms with E-state index >= 15 is 0 Å². The first kappa shape index (κ1) is 31.1. The molecule has 0 amide bonds. The monoisotopic (exact) mass is 701 g/mol. The van der Waals surface area contributed by atoms with Crippen LogP contribution < -0.4 is 0 Å². The van der Waals surface area contributed by atoms with Gasteiger partial charge in [-0.25, -0.2) is 15.0 Å². The Labute approximate surface area is 317 Å². The SMILES string of the molecule is c1ccc(-c2nc(-c3ccc4ccccc4c3)nc(-c3ccc(-c4cc(-c5ccccc5)c5c(c4)oc4cc6ccccc6cc45)c4ccccc34)n2)cc1. The zero-order valence-corrected chi connectivity index (χ0v) is 29.6. The fourth-order valence-corrected chi connectivity index (χ4v) is 8.01. The van der Waals surface area contributed by atoms with Gasteiger partial charge in [-0.2, -0.15) is 0 Å². The number of aromatic nitrogens is 3. The molecule has 11 aromatic rings. The fraction of sp³-hybridized carbons (Fsp3) is 0. The van der Waals surface area contributed by atoms with Crippen LogP contribution in [0.4, 0.5) is 0 Å². The third-order valence-corrected chi connectivity index (χ3v) is 10.7. The Hall–Kier alpha value is -7.43. The Morgan fingerprint density at radius 3 is 1.60 bits per heavy atom. The van der Waals surface area contributed by atoms with Crippen molar-refractivity contribution in [3.8, 4) is 56.4 Å². The highest BCUT2D eigenvalue weighted by Crippen LogP contribution is 2.43. The molecule has 0 fully saturated rings. The van der Waals surface area contributed by atoms with Gasteiger partial charge in [0.2, 0.25) is 0 Å². The van der Waals surface area contributed by atoms with Crippen molar-refractivity contribution >= 4 is 54.3 Å². The summed E-state index contributed by atoms with van der Waals surface area (Å²) in [5, 5.41) is 9.08. The molecular formula is C51H31N3O. The number of hydrogen-bond acceptors (Lipinski definition) is 4. The van der Waals surface area contributed by atoms with E-state index < -0.39 is 0 Å². The van der Waals surface area contributed by atoms with E-state index in [-0.39, 0.29) is 0 Å². The molecule has 2 heterocycles. The largest absolute Gasteiger partial charge is 0.456 e. The van der Waals surface area contributed by atoms with Crippen molar-refractivity contribution in [2.45, 2.75) is 0 Å². The van der Waals surface area contributed by atoms with Gasteiger partial charge in [0, 0.05) is 27.5 Å². The first-order valence-corrected chi connectivity index (χ1v) is 18.5. The lowest BCUT2D eigenvalue weighted by Gasteiger charge is -2.14. The summed E-state index contributed by atoms with van der Waals surface area (Å²) in [7, 11) is 0. The lowest BCUT2D eigenvalue weighted by molar-refractivity contribution is 0.669. The number of benzene rings is 9. The molecule has 9 aromatic carbocycles. The maximum atomic E-state index is 6.70. The van der Waals surface area contributed by atoms with Gasteiger partial charge in [-0.15, -0.1) is 0 Å². The van der Waals surface area contributed by atoms with E-state index in [1.54, 1.807) is 0 Å². The molecule has 0 saturated heterocycles. The van der Waals surface area contributed by atoms with Gasteiger partial charge in [0.25, 0.3) is 0 Å². The number of nitrogens with zero attached hydrogens (tertiary/aromatic N) is 3. The molecule has 0 radical (unpaired) electrons. The highest BCUT2D eigenvalue weighted by molar-refractivity contribution is 6.17. The lowest BCUT2D eigenvalue weighted by atomic mass is 9.90. The maximum Gasteiger partial charge on any atom is 0.164 e. The Balaban J connectivity index is 1.12. The lowest BCUT2D eigenvalue weighted by Crippen LogP contribution is -2.00. The van der Waals surface area contributed by atoms with Gasteiger partial charge in [0.1, 0.15) is 11.2 Å². The van der Waals surface area contributed by atoms with Crippen molar-refractivity contribution in [1.82, 2.24) is 15.0 Å². The van der Waals surface area contributed by atoms with E-state index in [0.29, 0.717) is 17.5 Å². The summed E-state index contributed by atoms with van der Waals surface area (Å²) in [4.78, 5) is 15.3. The van der Waals surface area contributed by atoms with E-state index in [1.165, 1.54) is 10.8 Å². The summed E-state index contributed by atoms with van der Waals surface area (Å²) in [6.45, 7) is 0. The van der Waals surface area contributed by atoms with Gasteiger partial charge >= 0.3 is 0 Å². The fourth-order valence-electron chi connectivity index (χ4n) is 8.01. The van der Waals surface area contributed by atoms with Crippen LogP contribution in [-0.4, -0.2) is 15.0 Å². The molecule has 256 valence electrons. The van der Waals surface area contributed by atoms with E-state index in [1.807, 2.05) is 30.3 Å². The van der Waals surface area contributed by atoms with Crippen LogP contribution in [-0.2, 0) is 0 Å². The summed E-state index contributed by atoms with van der Waals surface area (Å²) in [5.41, 5.74) is 9.04. The molecule has 0 aliphatic heterocycles. The highest BCUT2D eigenvalue weighted by atomic mass is 16.3. The van der Waals surface area contributed by atoms with Crippen LogP contribution in [0.2, 0.25) is 0 Å². The third kappa shape index (κ3) is 5.34. The zero-order chi connectivity index (χ0) is 36.3. The van der Waals surface area contributed by atoms with Crippen molar-refractivity contribution < 1.29 is 4.42 Å². The van der Waals surface area contributed by atoms with Gasteiger partial charge in [-0.3, -0.25) is 0 Å². The Morgan fingerprint density at radius 2 is 0.855 bits per heavy atom. The molecule has 0 N–H and O–H groups in total. The van der Waals surface area contributed by atoms with Crippen LogP contribution in [0.15, 0.2) is 192 Å². The normalized spacial score (nSPS) is 11.6. The van der Waals surface area contributed by atoms with Crippen LogP contribution in [0.3, 0.4) is 0 Å². The Bertz CT molecular complexity index is 3260. The number of rotatable bonds is 5. The number of fused-ring (bicyclic) bond motifs is 6. The predicted octanol–water partition coefficient (Wildman–Crippen LogP) is 13.6. The van der Waals surface area contributed by atoms with Gasteiger partial charge in [0.05, 0.1) is 0 Å². The van der Waals surface area contributed by atoms with Crippen molar-refractivity contribution in [2.75, 3.05) is 0 Å². The van der Waals surface area contributed by atoms with Crippen molar-refractivity contribution in [1.29, 1.82) is 0 Å². The first-order valence-electron chi connectivity index (χ1n) is 18.5. The molecule has 11 rings (SSSR count). The van der Waals surface area contributed by atoms with Gasteiger partial charge < -0.3 is 4.42 Å². The van der Waals surface area contributed by atoms with E-state index in [2.05, 4.69) is 158 Å². The molecule has 0 atom stereocenters. The molecule has 0 aliphatic carbocycles. The summed E-state index contributed by atoms with van der Waals surface area (Å²) in [6, 6.07) is 65.8. The second kappa shape index (κ2) is 12.6. The third-order valence-electron chi connectivity index (χ3n) is 10.7. The maximum absolute atomic E-state index is 6.70. The number of furan rings is 1. The van der Waals surface area contributed by atoms with Gasteiger partial charge in [0.15, 0.2) is 17.5 Å². The minimum atomic E-state index is 0.629. The topological polar surface area (TPSA) is 51.8 Å². The molecule has 0 bridgehead atoms. The summed E-state index contributed by atoms with van der Waals surface area (Å²) >= 11 is 0. The summed E-state index contributed by atoms with van der Waals surface area (Å²) in [5.74, 6) is 1.90. The van der Waals surface area contributed by atoms with Crippen LogP contribution in [0.1, 0.15) is 0 Å². The minimum Gasteiger partial charge on any atom is -0.456 e. The van der Waals surface area contributed by atoms with Crippen molar-refractivity contribution in [3.63, 3.8) is 0 Å². The average Bonchev–Trinajstić information content (AvgIpc) is 3.62. The smallest absolute Gasteiger partial charge is 0.164 e. The molecule has 0 unspecified atom stereocenters. The second-order valence-corrected chi connectivity index (χ2v) is 14.0. The first-order chi connectivity index (χ1) is 27.2.